The van der Waals surface area contributed by atoms with E-state index in [1.54, 1.807) is 0 Å². The molecule has 1 aromatic carbocycles. The number of piperidine rings is 1. The van der Waals surface area contributed by atoms with Gasteiger partial charge in [0.05, 0.1) is 0 Å². The van der Waals surface area contributed by atoms with E-state index in [4.69, 9.17) is 11.6 Å². The Morgan fingerprint density at radius 3 is 2.75 bits per heavy atom. The third kappa shape index (κ3) is 3.58. The van der Waals surface area contributed by atoms with Crippen molar-refractivity contribution in [2.75, 3.05) is 19.6 Å². The predicted molar refractivity (Wildman–Crippen MR) is 105 cm³/mol. The third-order valence-corrected chi connectivity index (χ3v) is 6.62. The Hall–Kier alpha value is -0.790. The number of fused-ring (bicyclic) bond motifs is 1. The molecule has 1 aliphatic heterocycles. The first-order chi connectivity index (χ1) is 11.6. The molecule has 2 heteroatoms. The molecule has 4 unspecified atom stereocenters. The molecule has 0 amide bonds. The van der Waals surface area contributed by atoms with Crippen LogP contribution in [0.5, 0.6) is 0 Å². The Labute approximate surface area is 153 Å². The Morgan fingerprint density at radius 2 is 2.08 bits per heavy atom. The van der Waals surface area contributed by atoms with Gasteiger partial charge in [0.2, 0.25) is 0 Å². The molecule has 132 valence electrons. The molecular formula is C22H32ClN. The van der Waals surface area contributed by atoms with Crippen LogP contribution in [-0.4, -0.2) is 24.5 Å². The fourth-order valence-corrected chi connectivity index (χ4v) is 5.12. The molecule has 1 saturated heterocycles. The van der Waals surface area contributed by atoms with Crippen molar-refractivity contribution in [1.82, 2.24) is 4.90 Å². The average molecular weight is 346 g/mol. The van der Waals surface area contributed by atoms with Crippen LogP contribution >= 0.6 is 11.6 Å². The van der Waals surface area contributed by atoms with E-state index in [9.17, 15) is 0 Å². The molecule has 3 rings (SSSR count). The van der Waals surface area contributed by atoms with E-state index in [0.717, 1.165) is 36.5 Å². The SMILES string of the molecule is C=C(CCC)c1ccc(CC2CN(CC)CC3C(C)C23)cc1CCl. The lowest BCUT2D eigenvalue weighted by Gasteiger charge is -2.31. The van der Waals surface area contributed by atoms with Gasteiger partial charge in [-0.15, -0.1) is 11.6 Å². The second-order valence-electron chi connectivity index (χ2n) is 7.90. The molecule has 1 aromatic rings. The standard InChI is InChI=1S/C22H32ClN/c1-5-7-15(3)20-9-8-17(10-18(20)12-23)11-19-13-24(6-2)14-21-16(4)22(19)21/h8-10,16,19,21-22H,3,5-7,11-14H2,1-2,4H3. The summed E-state index contributed by atoms with van der Waals surface area (Å²) in [7, 11) is 0. The maximum atomic E-state index is 6.25. The first-order valence-electron chi connectivity index (χ1n) is 9.67. The van der Waals surface area contributed by atoms with Crippen LogP contribution in [0.3, 0.4) is 0 Å². The fourth-order valence-electron chi connectivity index (χ4n) is 4.90. The lowest BCUT2D eigenvalue weighted by atomic mass is 9.88. The monoisotopic (exact) mass is 345 g/mol. The van der Waals surface area contributed by atoms with Gasteiger partial charge >= 0.3 is 0 Å². The van der Waals surface area contributed by atoms with Crippen molar-refractivity contribution >= 4 is 17.2 Å². The highest BCUT2D eigenvalue weighted by Crippen LogP contribution is 2.54. The van der Waals surface area contributed by atoms with Crippen LogP contribution in [0.25, 0.3) is 5.57 Å². The maximum absolute atomic E-state index is 6.25. The summed E-state index contributed by atoms with van der Waals surface area (Å²) in [5.74, 6) is 4.20. The van der Waals surface area contributed by atoms with Crippen LogP contribution in [0.4, 0.5) is 0 Å². The molecule has 0 spiro atoms. The number of alkyl halides is 1. The molecule has 2 aliphatic rings. The van der Waals surface area contributed by atoms with E-state index in [0.29, 0.717) is 5.88 Å². The van der Waals surface area contributed by atoms with Crippen LogP contribution < -0.4 is 0 Å². The molecule has 4 atom stereocenters. The van der Waals surface area contributed by atoms with Gasteiger partial charge in [0.15, 0.2) is 0 Å². The van der Waals surface area contributed by atoms with Crippen molar-refractivity contribution in [3.63, 3.8) is 0 Å². The smallest absolute Gasteiger partial charge is 0.0480 e. The summed E-state index contributed by atoms with van der Waals surface area (Å²) in [6, 6.07) is 6.93. The van der Waals surface area contributed by atoms with Gasteiger partial charge in [-0.25, -0.2) is 0 Å². The summed E-state index contributed by atoms with van der Waals surface area (Å²) in [6.07, 6.45) is 3.39. The average Bonchev–Trinajstić information content (AvgIpc) is 3.25. The lowest BCUT2D eigenvalue weighted by Crippen LogP contribution is -2.37. The summed E-state index contributed by atoms with van der Waals surface area (Å²) in [6.45, 7) is 15.0. The zero-order chi connectivity index (χ0) is 17.3. The minimum Gasteiger partial charge on any atom is -0.303 e. The van der Waals surface area contributed by atoms with Gasteiger partial charge < -0.3 is 4.90 Å². The van der Waals surface area contributed by atoms with Crippen molar-refractivity contribution < 1.29 is 0 Å². The third-order valence-electron chi connectivity index (χ3n) is 6.33. The summed E-state index contributed by atoms with van der Waals surface area (Å²) in [5.41, 5.74) is 5.22. The van der Waals surface area contributed by atoms with Gasteiger partial charge in [-0.1, -0.05) is 52.0 Å². The highest BCUT2D eigenvalue weighted by Gasteiger charge is 2.53. The van der Waals surface area contributed by atoms with Crippen molar-refractivity contribution in [3.8, 4) is 0 Å². The number of hydrogen-bond donors (Lipinski definition) is 0. The Bertz CT molecular complexity index is 594. The van der Waals surface area contributed by atoms with Gasteiger partial charge in [-0.2, -0.15) is 0 Å². The van der Waals surface area contributed by atoms with E-state index in [1.807, 2.05) is 0 Å². The Kier molecular flexibility index (Phi) is 5.72. The van der Waals surface area contributed by atoms with Crippen molar-refractivity contribution in [2.45, 2.75) is 45.9 Å². The summed E-state index contributed by atoms with van der Waals surface area (Å²) in [5, 5.41) is 0. The molecule has 0 bridgehead atoms. The van der Waals surface area contributed by atoms with Crippen LogP contribution in [0.15, 0.2) is 24.8 Å². The Morgan fingerprint density at radius 1 is 1.29 bits per heavy atom. The largest absolute Gasteiger partial charge is 0.303 e. The molecule has 0 aromatic heterocycles. The number of likely N-dealkylation sites (tertiary alicyclic amines) is 1. The number of nitrogens with zero attached hydrogens (tertiary/aromatic N) is 1. The number of halogens is 1. The van der Waals surface area contributed by atoms with Gasteiger partial charge in [-0.05, 0) is 65.3 Å². The van der Waals surface area contributed by atoms with Gasteiger partial charge in [0, 0.05) is 19.0 Å². The first-order valence-corrected chi connectivity index (χ1v) is 10.2. The molecule has 0 radical (unpaired) electrons. The normalized spacial score (nSPS) is 29.3. The highest BCUT2D eigenvalue weighted by atomic mass is 35.5. The zero-order valence-corrected chi connectivity index (χ0v) is 16.3. The van der Waals surface area contributed by atoms with Crippen LogP contribution in [0.1, 0.15) is 50.3 Å². The number of benzene rings is 1. The second kappa shape index (κ2) is 7.62. The second-order valence-corrected chi connectivity index (χ2v) is 8.16. The van der Waals surface area contributed by atoms with Crippen LogP contribution in [0, 0.1) is 23.7 Å². The molecule has 1 aliphatic carbocycles. The number of allylic oxidation sites excluding steroid dienone is 1. The van der Waals surface area contributed by atoms with Crippen molar-refractivity contribution in [1.29, 1.82) is 0 Å². The van der Waals surface area contributed by atoms with Crippen LogP contribution in [0.2, 0.25) is 0 Å². The minimum absolute atomic E-state index is 0.583. The molecule has 0 N–H and O–H groups in total. The molecule has 2 fully saturated rings. The number of hydrogen-bond acceptors (Lipinski definition) is 1. The molecule has 1 saturated carbocycles. The van der Waals surface area contributed by atoms with Crippen LogP contribution in [-0.2, 0) is 12.3 Å². The fraction of sp³-hybridized carbons (Fsp3) is 0.636. The molecular weight excluding hydrogens is 314 g/mol. The minimum atomic E-state index is 0.583. The number of rotatable bonds is 7. The van der Waals surface area contributed by atoms with E-state index >= 15 is 0 Å². The van der Waals surface area contributed by atoms with Gasteiger partial charge in [-0.3, -0.25) is 0 Å². The first kappa shape index (κ1) is 18.0. The highest BCUT2D eigenvalue weighted by molar-refractivity contribution is 6.17. The summed E-state index contributed by atoms with van der Waals surface area (Å²) in [4.78, 5) is 2.65. The predicted octanol–water partition coefficient (Wildman–Crippen LogP) is 5.62. The van der Waals surface area contributed by atoms with E-state index in [2.05, 4.69) is 50.4 Å². The lowest BCUT2D eigenvalue weighted by molar-refractivity contribution is 0.172. The molecule has 1 nitrogen and oxygen atoms in total. The van der Waals surface area contributed by atoms with Gasteiger partial charge in [0.1, 0.15) is 0 Å². The quantitative estimate of drug-likeness (QED) is 0.580. The Balaban J connectivity index is 1.74. The zero-order valence-electron chi connectivity index (χ0n) is 15.5. The molecule has 1 heterocycles. The van der Waals surface area contributed by atoms with E-state index in [1.165, 1.54) is 48.3 Å². The summed E-state index contributed by atoms with van der Waals surface area (Å²) < 4.78 is 0. The topological polar surface area (TPSA) is 3.24 Å². The summed E-state index contributed by atoms with van der Waals surface area (Å²) >= 11 is 6.25. The van der Waals surface area contributed by atoms with E-state index < -0.39 is 0 Å². The van der Waals surface area contributed by atoms with Crippen molar-refractivity contribution in [2.24, 2.45) is 23.7 Å². The van der Waals surface area contributed by atoms with Crippen molar-refractivity contribution in [3.05, 3.63) is 41.5 Å². The maximum Gasteiger partial charge on any atom is 0.0480 e. The van der Waals surface area contributed by atoms with E-state index in [-0.39, 0.29) is 0 Å². The molecule has 24 heavy (non-hydrogen) atoms. The van der Waals surface area contributed by atoms with Gasteiger partial charge in [0.25, 0.3) is 0 Å².